The van der Waals surface area contributed by atoms with Crippen molar-refractivity contribution in [3.05, 3.63) is 29.3 Å². The van der Waals surface area contributed by atoms with Gasteiger partial charge < -0.3 is 25.0 Å². The third kappa shape index (κ3) is 7.39. The summed E-state index contributed by atoms with van der Waals surface area (Å²) in [6.45, 7) is 12.6. The van der Waals surface area contributed by atoms with Crippen molar-refractivity contribution in [2.45, 2.75) is 46.3 Å². The molecule has 1 fully saturated rings. The van der Waals surface area contributed by atoms with Crippen LogP contribution in [0.3, 0.4) is 0 Å². The molecular formula is C21H36N4O2. The third-order valence-corrected chi connectivity index (χ3v) is 4.96. The standard InChI is InChI=1S/C21H36N4O2/c1-5-25(6-2)12-11-23-21(22-4)24-15-18-10-9-17(3)14-20(18)27-16-19-8-7-13-26-19/h9-10,14,19H,5-8,11-13,15-16H2,1-4H3,(H2,22,23,24). The number of benzene rings is 1. The van der Waals surface area contributed by atoms with E-state index in [0.29, 0.717) is 13.2 Å². The van der Waals surface area contributed by atoms with E-state index >= 15 is 0 Å². The molecule has 0 bridgehead atoms. The minimum absolute atomic E-state index is 0.223. The van der Waals surface area contributed by atoms with Crippen LogP contribution in [0, 0.1) is 6.92 Å². The molecule has 0 amide bonds. The van der Waals surface area contributed by atoms with Crippen molar-refractivity contribution >= 4 is 5.96 Å². The zero-order valence-corrected chi connectivity index (χ0v) is 17.4. The summed E-state index contributed by atoms with van der Waals surface area (Å²) in [5.74, 6) is 1.74. The Labute approximate surface area is 164 Å². The Morgan fingerprint density at radius 2 is 2.11 bits per heavy atom. The maximum Gasteiger partial charge on any atom is 0.191 e. The molecule has 0 saturated carbocycles. The summed E-state index contributed by atoms with van der Waals surface area (Å²) in [5.41, 5.74) is 2.33. The lowest BCUT2D eigenvalue weighted by atomic mass is 10.1. The van der Waals surface area contributed by atoms with E-state index in [9.17, 15) is 0 Å². The number of hydrogen-bond acceptors (Lipinski definition) is 4. The molecule has 2 N–H and O–H groups in total. The maximum absolute atomic E-state index is 6.08. The van der Waals surface area contributed by atoms with Gasteiger partial charge in [-0.3, -0.25) is 4.99 Å². The molecule has 1 aromatic carbocycles. The molecule has 27 heavy (non-hydrogen) atoms. The summed E-state index contributed by atoms with van der Waals surface area (Å²) in [6, 6.07) is 6.34. The van der Waals surface area contributed by atoms with Crippen LogP contribution in [0.4, 0.5) is 0 Å². The largest absolute Gasteiger partial charge is 0.491 e. The van der Waals surface area contributed by atoms with Crippen molar-refractivity contribution in [1.29, 1.82) is 0 Å². The van der Waals surface area contributed by atoms with Gasteiger partial charge in [0.2, 0.25) is 0 Å². The predicted molar refractivity (Wildman–Crippen MR) is 112 cm³/mol. The Morgan fingerprint density at radius 1 is 1.30 bits per heavy atom. The lowest BCUT2D eigenvalue weighted by molar-refractivity contribution is 0.0676. The Morgan fingerprint density at radius 3 is 2.78 bits per heavy atom. The maximum atomic E-state index is 6.08. The van der Waals surface area contributed by atoms with Gasteiger partial charge in [-0.05, 0) is 44.5 Å². The predicted octanol–water partition coefficient (Wildman–Crippen LogP) is 2.56. The van der Waals surface area contributed by atoms with Gasteiger partial charge in [-0.1, -0.05) is 26.0 Å². The number of guanidine groups is 1. The molecule has 6 nitrogen and oxygen atoms in total. The van der Waals surface area contributed by atoms with Gasteiger partial charge in [-0.2, -0.15) is 0 Å². The highest BCUT2D eigenvalue weighted by Crippen LogP contribution is 2.22. The minimum Gasteiger partial charge on any atom is -0.491 e. The minimum atomic E-state index is 0.223. The molecule has 2 rings (SSSR count). The molecule has 1 aliphatic heterocycles. The molecule has 0 aliphatic carbocycles. The highest BCUT2D eigenvalue weighted by Gasteiger charge is 2.17. The highest BCUT2D eigenvalue weighted by atomic mass is 16.5. The van der Waals surface area contributed by atoms with Crippen LogP contribution in [0.5, 0.6) is 5.75 Å². The van der Waals surface area contributed by atoms with Crippen LogP contribution in [0.1, 0.15) is 37.8 Å². The second kappa shape index (κ2) is 11.8. The zero-order chi connectivity index (χ0) is 19.5. The monoisotopic (exact) mass is 376 g/mol. The lowest BCUT2D eigenvalue weighted by Gasteiger charge is -2.20. The Kier molecular flexibility index (Phi) is 9.42. The van der Waals surface area contributed by atoms with Gasteiger partial charge in [0.05, 0.1) is 6.10 Å². The van der Waals surface area contributed by atoms with Gasteiger partial charge >= 0.3 is 0 Å². The smallest absolute Gasteiger partial charge is 0.191 e. The van der Waals surface area contributed by atoms with E-state index in [1.54, 1.807) is 7.05 Å². The van der Waals surface area contributed by atoms with Crippen LogP contribution < -0.4 is 15.4 Å². The van der Waals surface area contributed by atoms with Crippen molar-refractivity contribution in [2.24, 2.45) is 4.99 Å². The molecule has 1 unspecified atom stereocenters. The summed E-state index contributed by atoms with van der Waals surface area (Å²) in [7, 11) is 1.80. The molecule has 0 radical (unpaired) electrons. The Bertz CT molecular complexity index is 582. The molecule has 1 aliphatic rings. The topological polar surface area (TPSA) is 58.1 Å². The highest BCUT2D eigenvalue weighted by molar-refractivity contribution is 5.79. The average Bonchev–Trinajstić information content (AvgIpc) is 3.20. The third-order valence-electron chi connectivity index (χ3n) is 4.96. The fourth-order valence-corrected chi connectivity index (χ4v) is 3.17. The number of aliphatic imine (C=N–C) groups is 1. The quantitative estimate of drug-likeness (QED) is 0.485. The molecule has 6 heteroatoms. The SMILES string of the molecule is CCN(CC)CCNC(=NC)NCc1ccc(C)cc1OCC1CCCO1. The summed E-state index contributed by atoms with van der Waals surface area (Å²) in [5, 5.41) is 6.78. The van der Waals surface area contributed by atoms with E-state index < -0.39 is 0 Å². The second-order valence-electron chi connectivity index (χ2n) is 6.94. The number of aryl methyl sites for hydroxylation is 1. The first-order chi connectivity index (χ1) is 13.2. The molecule has 1 atom stereocenters. The van der Waals surface area contributed by atoms with E-state index in [0.717, 1.165) is 62.9 Å². The van der Waals surface area contributed by atoms with Crippen molar-refractivity contribution in [3.63, 3.8) is 0 Å². The number of nitrogens with zero attached hydrogens (tertiary/aromatic N) is 2. The average molecular weight is 377 g/mol. The van der Waals surface area contributed by atoms with Gasteiger partial charge in [0, 0.05) is 38.9 Å². The number of hydrogen-bond donors (Lipinski definition) is 2. The second-order valence-corrected chi connectivity index (χ2v) is 6.94. The Hall–Kier alpha value is -1.79. The van der Waals surface area contributed by atoms with Crippen LogP contribution in [0.15, 0.2) is 23.2 Å². The van der Waals surface area contributed by atoms with Gasteiger partial charge in [-0.15, -0.1) is 0 Å². The van der Waals surface area contributed by atoms with Gasteiger partial charge in [0.15, 0.2) is 5.96 Å². The van der Waals surface area contributed by atoms with Gasteiger partial charge in [0.1, 0.15) is 12.4 Å². The summed E-state index contributed by atoms with van der Waals surface area (Å²) in [6.07, 6.45) is 2.44. The van der Waals surface area contributed by atoms with Crippen LogP contribution >= 0.6 is 0 Å². The first-order valence-electron chi connectivity index (χ1n) is 10.2. The lowest BCUT2D eigenvalue weighted by Crippen LogP contribution is -2.41. The van der Waals surface area contributed by atoms with Crippen molar-refractivity contribution in [3.8, 4) is 5.75 Å². The summed E-state index contributed by atoms with van der Waals surface area (Å²) < 4.78 is 11.7. The Balaban J connectivity index is 1.85. The molecular weight excluding hydrogens is 340 g/mol. The molecule has 1 aromatic rings. The molecule has 0 spiro atoms. The number of ether oxygens (including phenoxy) is 2. The fourth-order valence-electron chi connectivity index (χ4n) is 3.17. The van der Waals surface area contributed by atoms with E-state index in [1.807, 2.05) is 0 Å². The fraction of sp³-hybridized carbons (Fsp3) is 0.667. The molecule has 0 aromatic heterocycles. The first kappa shape index (κ1) is 21.5. The van der Waals surface area contributed by atoms with Crippen LogP contribution in [-0.2, 0) is 11.3 Å². The normalized spacial score (nSPS) is 17.4. The van der Waals surface area contributed by atoms with Crippen molar-refractivity contribution < 1.29 is 9.47 Å². The van der Waals surface area contributed by atoms with Crippen LogP contribution in [0.25, 0.3) is 0 Å². The number of likely N-dealkylation sites (N-methyl/N-ethyl adjacent to an activating group) is 1. The van der Waals surface area contributed by atoms with Crippen molar-refractivity contribution in [1.82, 2.24) is 15.5 Å². The molecule has 1 saturated heterocycles. The first-order valence-corrected chi connectivity index (χ1v) is 10.2. The zero-order valence-electron chi connectivity index (χ0n) is 17.4. The number of nitrogens with one attached hydrogen (secondary N) is 2. The van der Waals surface area contributed by atoms with E-state index in [2.05, 4.69) is 59.5 Å². The summed E-state index contributed by atoms with van der Waals surface area (Å²) >= 11 is 0. The van der Waals surface area contributed by atoms with Gasteiger partial charge in [0.25, 0.3) is 0 Å². The number of rotatable bonds is 10. The van der Waals surface area contributed by atoms with Crippen LogP contribution in [-0.4, -0.2) is 63.4 Å². The molecule has 152 valence electrons. The van der Waals surface area contributed by atoms with Crippen molar-refractivity contribution in [2.75, 3.05) is 46.4 Å². The van der Waals surface area contributed by atoms with E-state index in [4.69, 9.17) is 9.47 Å². The van der Waals surface area contributed by atoms with Crippen LogP contribution in [0.2, 0.25) is 0 Å². The summed E-state index contributed by atoms with van der Waals surface area (Å²) in [4.78, 5) is 6.71. The van der Waals surface area contributed by atoms with Gasteiger partial charge in [-0.25, -0.2) is 0 Å². The molecule has 1 heterocycles. The van der Waals surface area contributed by atoms with E-state index in [-0.39, 0.29) is 6.10 Å². The van der Waals surface area contributed by atoms with E-state index in [1.165, 1.54) is 5.56 Å².